The summed E-state index contributed by atoms with van der Waals surface area (Å²) in [5.74, 6) is 0.336. The van der Waals surface area contributed by atoms with Crippen molar-refractivity contribution in [1.82, 2.24) is 20.4 Å². The van der Waals surface area contributed by atoms with Crippen molar-refractivity contribution in [2.45, 2.75) is 10.3 Å². The Balaban J connectivity index is 2.08. The molecule has 0 aliphatic carbocycles. The lowest BCUT2D eigenvalue weighted by molar-refractivity contribution is -0.402. The molecular formula is C11H12Cl3N7O3. The molecule has 0 aliphatic rings. The number of anilines is 2. The van der Waals surface area contributed by atoms with E-state index in [0.29, 0.717) is 5.76 Å². The molecule has 2 aromatic heterocycles. The average molecular weight is 397 g/mol. The molecule has 130 valence electrons. The molecule has 0 fully saturated rings. The number of alkyl halides is 3. The fourth-order valence-corrected chi connectivity index (χ4v) is 1.77. The summed E-state index contributed by atoms with van der Waals surface area (Å²) in [4.78, 5) is 23.7. The molecule has 0 unspecified atom stereocenters. The number of nitrogens with one attached hydrogen (secondary N) is 2. The number of hydrogen-bond donors (Lipinski definition) is 2. The van der Waals surface area contributed by atoms with Crippen molar-refractivity contribution in [3.63, 3.8) is 0 Å². The van der Waals surface area contributed by atoms with E-state index in [4.69, 9.17) is 39.2 Å². The van der Waals surface area contributed by atoms with E-state index in [0.717, 1.165) is 0 Å². The highest BCUT2D eigenvalue weighted by atomic mass is 35.6. The van der Waals surface area contributed by atoms with Gasteiger partial charge in [0.15, 0.2) is 5.82 Å². The van der Waals surface area contributed by atoms with E-state index in [1.165, 1.54) is 12.1 Å². The summed E-state index contributed by atoms with van der Waals surface area (Å²) in [6, 6.07) is 2.73. The Hall–Kier alpha value is -1.88. The van der Waals surface area contributed by atoms with Crippen LogP contribution in [-0.2, 0) is 10.3 Å². The molecule has 10 nitrogen and oxygen atoms in total. The van der Waals surface area contributed by atoms with Crippen LogP contribution in [0.2, 0.25) is 0 Å². The maximum absolute atomic E-state index is 10.5. The Labute approximate surface area is 151 Å². The second-order valence-corrected chi connectivity index (χ2v) is 6.93. The van der Waals surface area contributed by atoms with Crippen molar-refractivity contribution in [2.24, 2.45) is 0 Å². The third-order valence-electron chi connectivity index (χ3n) is 2.57. The van der Waals surface area contributed by atoms with E-state index >= 15 is 0 Å². The Morgan fingerprint density at radius 1 is 1.29 bits per heavy atom. The van der Waals surface area contributed by atoms with Gasteiger partial charge in [0, 0.05) is 14.1 Å². The number of hydrazine groups is 1. The van der Waals surface area contributed by atoms with Crippen LogP contribution in [0.25, 0.3) is 0 Å². The molecular weight excluding hydrogens is 385 g/mol. The van der Waals surface area contributed by atoms with Gasteiger partial charge in [0.05, 0.1) is 12.6 Å². The van der Waals surface area contributed by atoms with Crippen LogP contribution in [0.5, 0.6) is 0 Å². The van der Waals surface area contributed by atoms with Gasteiger partial charge in [-0.3, -0.25) is 15.5 Å². The minimum absolute atomic E-state index is 0.0517. The maximum atomic E-state index is 10.5. The molecule has 0 aromatic carbocycles. The molecule has 0 radical (unpaired) electrons. The predicted molar refractivity (Wildman–Crippen MR) is 89.2 cm³/mol. The Kier molecular flexibility index (Phi) is 5.65. The first kappa shape index (κ1) is 18.5. The molecule has 0 saturated heterocycles. The lowest BCUT2D eigenvalue weighted by atomic mass is 10.4. The van der Waals surface area contributed by atoms with E-state index in [9.17, 15) is 10.1 Å². The van der Waals surface area contributed by atoms with Gasteiger partial charge in [-0.2, -0.15) is 15.0 Å². The van der Waals surface area contributed by atoms with Crippen LogP contribution < -0.4 is 15.8 Å². The third kappa shape index (κ3) is 4.81. The molecule has 13 heteroatoms. The van der Waals surface area contributed by atoms with Gasteiger partial charge in [0.1, 0.15) is 10.7 Å². The second-order valence-electron chi connectivity index (χ2n) is 4.65. The van der Waals surface area contributed by atoms with Gasteiger partial charge in [-0.1, -0.05) is 34.8 Å². The third-order valence-corrected chi connectivity index (χ3v) is 3.07. The highest BCUT2D eigenvalue weighted by Crippen LogP contribution is 2.36. The highest BCUT2D eigenvalue weighted by molar-refractivity contribution is 6.66. The Morgan fingerprint density at radius 3 is 2.54 bits per heavy atom. The summed E-state index contributed by atoms with van der Waals surface area (Å²) in [6.07, 6.45) is 0. The molecule has 2 heterocycles. The number of nitro groups is 1. The number of nitrogens with zero attached hydrogens (tertiary/aromatic N) is 5. The van der Waals surface area contributed by atoms with Crippen LogP contribution in [0, 0.1) is 10.1 Å². The monoisotopic (exact) mass is 395 g/mol. The van der Waals surface area contributed by atoms with Gasteiger partial charge in [-0.15, -0.1) is 0 Å². The SMILES string of the molecule is CN(C)c1nc(NNCc2ccc([N+](=O)[O-])o2)nc(C(Cl)(Cl)Cl)n1. The van der Waals surface area contributed by atoms with Crippen LogP contribution in [0.4, 0.5) is 17.8 Å². The summed E-state index contributed by atoms with van der Waals surface area (Å²) < 4.78 is 3.18. The van der Waals surface area contributed by atoms with E-state index in [-0.39, 0.29) is 30.2 Å². The first-order chi connectivity index (χ1) is 11.2. The van der Waals surface area contributed by atoms with Gasteiger partial charge in [0.25, 0.3) is 0 Å². The zero-order chi connectivity index (χ0) is 17.9. The number of rotatable bonds is 6. The second kappa shape index (κ2) is 7.34. The fraction of sp³-hybridized carbons (Fsp3) is 0.364. The Morgan fingerprint density at radius 2 is 2.00 bits per heavy atom. The van der Waals surface area contributed by atoms with Gasteiger partial charge >= 0.3 is 5.88 Å². The molecule has 0 aliphatic heterocycles. The van der Waals surface area contributed by atoms with E-state index in [2.05, 4.69) is 25.8 Å². The highest BCUT2D eigenvalue weighted by Gasteiger charge is 2.28. The standard InChI is InChI=1S/C11H12Cl3N7O3/c1-20(2)10-17-8(11(12,13)14)16-9(18-10)19-15-5-6-3-4-7(24-6)21(22)23/h3-4,15H,5H2,1-2H3,(H,16,17,18,19). The topological polar surface area (TPSA) is 122 Å². The number of aromatic nitrogens is 3. The van der Waals surface area contributed by atoms with Crippen molar-refractivity contribution >= 4 is 52.6 Å². The van der Waals surface area contributed by atoms with Crippen LogP contribution in [0.15, 0.2) is 16.5 Å². The van der Waals surface area contributed by atoms with Crippen molar-refractivity contribution < 1.29 is 9.34 Å². The Bertz CT molecular complexity index is 732. The smallest absolute Gasteiger partial charge is 0.404 e. The zero-order valence-electron chi connectivity index (χ0n) is 12.5. The first-order valence-corrected chi connectivity index (χ1v) is 7.53. The quantitative estimate of drug-likeness (QED) is 0.430. The van der Waals surface area contributed by atoms with E-state index < -0.39 is 8.72 Å². The summed E-state index contributed by atoms with van der Waals surface area (Å²) in [6.45, 7) is 0.139. The molecule has 0 spiro atoms. The summed E-state index contributed by atoms with van der Waals surface area (Å²) in [5, 5.41) is 10.5. The van der Waals surface area contributed by atoms with Crippen LogP contribution in [0.1, 0.15) is 11.6 Å². The molecule has 0 bridgehead atoms. The van der Waals surface area contributed by atoms with Crippen LogP contribution >= 0.6 is 34.8 Å². The molecule has 0 amide bonds. The van der Waals surface area contributed by atoms with Crippen molar-refractivity contribution in [2.75, 3.05) is 24.4 Å². The minimum Gasteiger partial charge on any atom is -0.404 e. The molecule has 24 heavy (non-hydrogen) atoms. The van der Waals surface area contributed by atoms with Gasteiger partial charge in [-0.25, -0.2) is 5.43 Å². The maximum Gasteiger partial charge on any atom is 0.433 e. The molecule has 0 atom stereocenters. The zero-order valence-corrected chi connectivity index (χ0v) is 14.7. The van der Waals surface area contributed by atoms with Crippen LogP contribution in [-0.4, -0.2) is 34.0 Å². The summed E-state index contributed by atoms with van der Waals surface area (Å²) in [5.41, 5.74) is 5.44. The molecule has 2 aromatic rings. The van der Waals surface area contributed by atoms with E-state index in [1.807, 2.05) is 0 Å². The largest absolute Gasteiger partial charge is 0.433 e. The first-order valence-electron chi connectivity index (χ1n) is 6.39. The lowest BCUT2D eigenvalue weighted by Gasteiger charge is -2.16. The fourth-order valence-electron chi connectivity index (χ4n) is 1.52. The van der Waals surface area contributed by atoms with Crippen molar-refractivity contribution in [1.29, 1.82) is 0 Å². The average Bonchev–Trinajstić information content (AvgIpc) is 2.95. The van der Waals surface area contributed by atoms with Crippen molar-refractivity contribution in [3.05, 3.63) is 33.8 Å². The van der Waals surface area contributed by atoms with Crippen molar-refractivity contribution in [3.8, 4) is 0 Å². The normalized spacial score (nSPS) is 11.4. The number of halogens is 3. The van der Waals surface area contributed by atoms with E-state index in [1.54, 1.807) is 19.0 Å². The van der Waals surface area contributed by atoms with Crippen LogP contribution in [0.3, 0.4) is 0 Å². The minimum atomic E-state index is -1.81. The number of hydrogen-bond acceptors (Lipinski definition) is 9. The summed E-state index contributed by atoms with van der Waals surface area (Å²) >= 11 is 17.4. The lowest BCUT2D eigenvalue weighted by Crippen LogP contribution is -2.25. The van der Waals surface area contributed by atoms with Gasteiger partial charge in [-0.05, 0) is 6.07 Å². The molecule has 2 N–H and O–H groups in total. The van der Waals surface area contributed by atoms with Gasteiger partial charge < -0.3 is 9.32 Å². The summed E-state index contributed by atoms with van der Waals surface area (Å²) in [7, 11) is 3.44. The van der Waals surface area contributed by atoms with Gasteiger partial charge in [0.2, 0.25) is 15.7 Å². The predicted octanol–water partition coefficient (Wildman–Crippen LogP) is 2.38. The number of furan rings is 1. The molecule has 2 rings (SSSR count). The molecule has 0 saturated carbocycles.